The molecule has 0 aliphatic carbocycles. The molecule has 0 radical (unpaired) electrons. The third kappa shape index (κ3) is 29.5. The number of para-hydroxylation sites is 1. The molecule has 0 spiro atoms. The number of primary amides is 1. The van der Waals surface area contributed by atoms with Crippen LogP contribution in [0.2, 0.25) is 0 Å². The Bertz CT molecular complexity index is 2890. The fraction of sp³-hybridized carbons (Fsp3) is 0.633. The molecule has 1 aromatic heterocycles. The number of nitrogens with two attached hydrogens (primary N) is 6. The number of thioether (sulfide) groups is 1. The summed E-state index contributed by atoms with van der Waals surface area (Å²) >= 11 is 1.31. The molecule has 0 bridgehead atoms. The van der Waals surface area contributed by atoms with Gasteiger partial charge in [0.15, 0.2) is 5.96 Å². The van der Waals surface area contributed by atoms with E-state index in [1.807, 2.05) is 0 Å². The molecule has 1 heterocycles. The molecular formula is C60H99N17O16S. The van der Waals surface area contributed by atoms with Crippen molar-refractivity contribution in [1.82, 2.24) is 52.8 Å². The summed E-state index contributed by atoms with van der Waals surface area (Å²) in [7, 11) is 0. The Morgan fingerprint density at radius 2 is 0.947 bits per heavy atom. The fourth-order valence-corrected chi connectivity index (χ4v) is 10.1. The molecule has 2 aromatic rings. The molecule has 2 rings (SSSR count). The van der Waals surface area contributed by atoms with E-state index in [9.17, 15) is 77.6 Å². The number of unbranched alkanes of at least 4 members (excludes halogenated alkanes) is 2. The molecule has 10 amide bonds. The summed E-state index contributed by atoms with van der Waals surface area (Å²) in [5.74, 6) is -14.5. The molecule has 1 aromatic carbocycles. The highest BCUT2D eigenvalue weighted by Gasteiger charge is 2.37. The Labute approximate surface area is 550 Å². The van der Waals surface area contributed by atoms with Gasteiger partial charge in [-0.2, -0.15) is 11.8 Å². The zero-order valence-electron chi connectivity index (χ0n) is 54.1. The van der Waals surface area contributed by atoms with E-state index in [0.717, 1.165) is 0 Å². The highest BCUT2D eigenvalue weighted by atomic mass is 32.2. The Morgan fingerprint density at radius 1 is 0.521 bits per heavy atom. The average molecular weight is 1350 g/mol. The molecule has 0 unspecified atom stereocenters. The minimum Gasteiger partial charge on any atom is -0.481 e. The van der Waals surface area contributed by atoms with E-state index < -0.39 is 175 Å². The predicted molar refractivity (Wildman–Crippen MR) is 350 cm³/mol. The number of carboxylic acids is 3. The summed E-state index contributed by atoms with van der Waals surface area (Å²) in [4.78, 5) is 183. The van der Waals surface area contributed by atoms with Crippen LogP contribution in [0.5, 0.6) is 0 Å². The molecule has 0 saturated carbocycles. The fourth-order valence-electron chi connectivity index (χ4n) is 9.63. The average Bonchev–Trinajstić information content (AvgIpc) is 1.61. The molecule has 33 nitrogen and oxygen atoms in total. The van der Waals surface area contributed by atoms with Crippen molar-refractivity contribution >= 4 is 106 Å². The number of aromatic amines is 1. The number of aliphatic carboxylic acids is 3. The third-order valence-electron chi connectivity index (χ3n) is 15.6. The van der Waals surface area contributed by atoms with Crippen molar-refractivity contribution in [3.05, 3.63) is 36.0 Å². The lowest BCUT2D eigenvalue weighted by Crippen LogP contribution is -2.61. The second kappa shape index (κ2) is 43.3. The number of rotatable bonds is 48. The van der Waals surface area contributed by atoms with Crippen LogP contribution in [-0.2, 0) is 68.7 Å². The lowest BCUT2D eigenvalue weighted by atomic mass is 9.96. The summed E-state index contributed by atoms with van der Waals surface area (Å²) in [6.45, 7) is 7.18. The van der Waals surface area contributed by atoms with Crippen LogP contribution in [0.4, 0.5) is 0 Å². The molecule has 0 aliphatic heterocycles. The maximum atomic E-state index is 14.8. The van der Waals surface area contributed by atoms with E-state index in [1.54, 1.807) is 64.4 Å². The van der Waals surface area contributed by atoms with Crippen LogP contribution in [0.25, 0.3) is 10.9 Å². The summed E-state index contributed by atoms with van der Waals surface area (Å²) < 4.78 is 0. The van der Waals surface area contributed by atoms with Crippen molar-refractivity contribution in [1.29, 1.82) is 0 Å². The molecule has 94 heavy (non-hydrogen) atoms. The lowest BCUT2D eigenvalue weighted by Gasteiger charge is -2.29. The number of aliphatic imine (C=N–C) groups is 1. The SMILES string of the molecule is CC[C@H](C)[C@H](N)C(=O)N[C@@H](CC(N)=O)C(=O)N[C@@H](CCC(=O)O)C(=O)N[C@@H](Cc1c[nH]c2ccccc12)C(=O)N[C@@H](CCSC)C(=O)N[C@@H](CCCCN)C(=O)N[C@@H](CCCN=C(N)N)C(=O)N[C@@H](CCCCN)C(=O)N[C@H](C(=O)N[C@@H](CCC(=O)O)C(=O)O)[C@@H](C)CC. The van der Waals surface area contributed by atoms with Crippen molar-refractivity contribution in [3.8, 4) is 0 Å². The van der Waals surface area contributed by atoms with Crippen LogP contribution in [-0.4, -0.2) is 195 Å². The van der Waals surface area contributed by atoms with Gasteiger partial charge in [-0.1, -0.05) is 58.7 Å². The molecule has 0 aliphatic rings. The van der Waals surface area contributed by atoms with Gasteiger partial charge in [-0.3, -0.25) is 62.5 Å². The standard InChI is InChI=1S/C60H99N17O16S/c1-6-32(3)48(64)57(90)76-44(30-45(63)78)56(89)72-40(20-22-46(79)80)52(85)75-43(29-34-31-68-36-16-9-8-15-35(34)36)55(88)73-41(24-28-94-5)53(86)69-37(17-10-12-25-61)50(83)71-39(19-14-27-67-60(65)66)51(84)70-38(18-11-13-26-62)54(87)77-49(33(4)7-2)58(91)74-42(59(92)93)21-23-47(81)82/h8-9,15-16,31-33,37-44,48-49,68H,6-7,10-14,17-30,61-62,64H2,1-5H3,(H2,63,78)(H,69,86)(H,70,84)(H,71,83)(H,72,89)(H,73,88)(H,74,91)(H,75,85)(H,76,90)(H,77,87)(H,79,80)(H,81,82)(H,92,93)(H4,65,66,67)/t32-,33-,37-,38-,39-,40-,41-,42-,43-,44-,48-,49-/m0/s1. The Morgan fingerprint density at radius 3 is 1.41 bits per heavy atom. The normalized spacial score (nSPS) is 15.0. The highest BCUT2D eigenvalue weighted by Crippen LogP contribution is 2.21. The second-order valence-corrected chi connectivity index (χ2v) is 24.0. The molecule has 526 valence electrons. The number of fused-ring (bicyclic) bond motifs is 1. The number of carboxylic acid groups (broad SMARTS) is 3. The number of hydrogen-bond acceptors (Lipinski definition) is 18. The summed E-state index contributed by atoms with van der Waals surface area (Å²) in [6.07, 6.45) is 1.98. The number of amides is 10. The smallest absolute Gasteiger partial charge is 0.326 e. The first-order valence-electron chi connectivity index (χ1n) is 31.4. The molecule has 0 saturated heterocycles. The number of nitrogens with one attached hydrogen (secondary N) is 10. The Balaban J connectivity index is 2.65. The van der Waals surface area contributed by atoms with Gasteiger partial charge in [0.2, 0.25) is 59.1 Å². The molecule has 12 atom stereocenters. The van der Waals surface area contributed by atoms with Crippen LogP contribution >= 0.6 is 11.8 Å². The van der Waals surface area contributed by atoms with Gasteiger partial charge in [0, 0.05) is 42.9 Å². The van der Waals surface area contributed by atoms with Gasteiger partial charge in [0.25, 0.3) is 0 Å². The second-order valence-electron chi connectivity index (χ2n) is 23.0. The number of guanidine groups is 1. The minimum absolute atomic E-state index is 0.0178. The molecule has 0 fully saturated rings. The summed E-state index contributed by atoms with van der Waals surface area (Å²) in [6, 6.07) is -7.70. The van der Waals surface area contributed by atoms with Crippen LogP contribution in [0.1, 0.15) is 136 Å². The maximum Gasteiger partial charge on any atom is 0.326 e. The van der Waals surface area contributed by atoms with Crippen LogP contribution in [0.3, 0.4) is 0 Å². The van der Waals surface area contributed by atoms with Gasteiger partial charge < -0.3 is 103 Å². The van der Waals surface area contributed by atoms with Gasteiger partial charge in [-0.25, -0.2) is 4.79 Å². The minimum atomic E-state index is -1.71. The van der Waals surface area contributed by atoms with E-state index >= 15 is 0 Å². The monoisotopic (exact) mass is 1350 g/mol. The van der Waals surface area contributed by atoms with Gasteiger partial charge >= 0.3 is 17.9 Å². The van der Waals surface area contributed by atoms with E-state index in [4.69, 9.17) is 34.4 Å². The molecule has 25 N–H and O–H groups in total. The third-order valence-corrected chi connectivity index (χ3v) is 16.3. The van der Waals surface area contributed by atoms with E-state index in [0.29, 0.717) is 42.1 Å². The van der Waals surface area contributed by atoms with Gasteiger partial charge in [-0.15, -0.1) is 0 Å². The van der Waals surface area contributed by atoms with E-state index in [2.05, 4.69) is 57.8 Å². The highest BCUT2D eigenvalue weighted by molar-refractivity contribution is 7.98. The van der Waals surface area contributed by atoms with Crippen molar-refractivity contribution < 1.29 is 77.6 Å². The number of aromatic nitrogens is 1. The van der Waals surface area contributed by atoms with E-state index in [-0.39, 0.29) is 88.6 Å². The van der Waals surface area contributed by atoms with E-state index in [1.165, 1.54) is 11.8 Å². The largest absolute Gasteiger partial charge is 0.481 e. The van der Waals surface area contributed by atoms with Crippen LogP contribution in [0, 0.1) is 11.8 Å². The number of benzene rings is 1. The Kier molecular flexibility index (Phi) is 37.5. The zero-order chi connectivity index (χ0) is 70.6. The first-order valence-corrected chi connectivity index (χ1v) is 32.8. The first kappa shape index (κ1) is 81.5. The number of carbonyl (C=O) groups excluding carboxylic acids is 10. The molecular weight excluding hydrogens is 1250 g/mol. The number of hydrogen-bond donors (Lipinski definition) is 19. The summed E-state index contributed by atoms with van der Waals surface area (Å²) in [5.41, 5.74) is 35.5. The molecule has 34 heteroatoms. The van der Waals surface area contributed by atoms with Crippen molar-refractivity contribution in [3.63, 3.8) is 0 Å². The van der Waals surface area contributed by atoms with Crippen molar-refractivity contribution in [2.24, 2.45) is 51.2 Å². The van der Waals surface area contributed by atoms with Crippen molar-refractivity contribution in [2.75, 3.05) is 31.6 Å². The Hall–Kier alpha value is -8.63. The van der Waals surface area contributed by atoms with Crippen LogP contribution < -0.4 is 82.3 Å². The lowest BCUT2D eigenvalue weighted by molar-refractivity contribution is -0.144. The van der Waals surface area contributed by atoms with Gasteiger partial charge in [0.05, 0.1) is 12.5 Å². The topological polar surface area (TPSA) is 575 Å². The predicted octanol–water partition coefficient (Wildman–Crippen LogP) is -2.75. The van der Waals surface area contributed by atoms with Crippen molar-refractivity contribution in [2.45, 2.75) is 197 Å². The first-order chi connectivity index (χ1) is 44.5. The zero-order valence-corrected chi connectivity index (χ0v) is 54.9. The number of H-pyrrole nitrogens is 1. The maximum absolute atomic E-state index is 14.8. The number of nitrogens with zero attached hydrogens (tertiary/aromatic N) is 1. The van der Waals surface area contributed by atoms with Crippen LogP contribution in [0.15, 0.2) is 35.5 Å². The van der Waals surface area contributed by atoms with Gasteiger partial charge in [0.1, 0.15) is 54.4 Å². The number of carbonyl (C=O) groups is 13. The summed E-state index contributed by atoms with van der Waals surface area (Å²) in [5, 5.41) is 52.4. The quantitative estimate of drug-likeness (QED) is 0.0181. The van der Waals surface area contributed by atoms with Gasteiger partial charge in [-0.05, 0) is 119 Å².